The third-order valence-corrected chi connectivity index (χ3v) is 6.49. The van der Waals surface area contributed by atoms with E-state index >= 15 is 0 Å². The smallest absolute Gasteiger partial charge is 0.307 e. The molecule has 1 aliphatic heterocycles. The van der Waals surface area contributed by atoms with Crippen LogP contribution in [0.2, 0.25) is 5.02 Å². The average molecular weight is 431 g/mol. The Hall–Kier alpha value is -2.31. The Morgan fingerprint density at radius 1 is 1.28 bits per heavy atom. The van der Waals surface area contributed by atoms with E-state index in [4.69, 9.17) is 26.4 Å². The number of aliphatic carboxylic acids is 1. The number of aryl methyl sites for hydroxylation is 1. The second-order valence-corrected chi connectivity index (χ2v) is 9.02. The molecule has 1 saturated heterocycles. The van der Waals surface area contributed by atoms with Crippen molar-refractivity contribution >= 4 is 44.3 Å². The van der Waals surface area contributed by atoms with E-state index in [2.05, 4.69) is 4.90 Å². The van der Waals surface area contributed by atoms with Crippen molar-refractivity contribution in [3.8, 4) is 5.75 Å². The molecule has 152 valence electrons. The highest BCUT2D eigenvalue weighted by atomic mass is 35.5. The predicted molar refractivity (Wildman–Crippen MR) is 118 cm³/mol. The maximum Gasteiger partial charge on any atom is 0.307 e. The van der Waals surface area contributed by atoms with Crippen LogP contribution in [-0.4, -0.2) is 35.8 Å². The van der Waals surface area contributed by atoms with Gasteiger partial charge in [-0.1, -0.05) is 29.0 Å². The molecule has 1 N–H and O–H groups in total. The van der Waals surface area contributed by atoms with Crippen LogP contribution in [0.1, 0.15) is 24.0 Å². The standard InChI is InChI=1S/C22H23ClN2O3S/c1-14-8-16(11-21(26)27)10-18(9-14)28-13-15-4-6-25(7-5-15)22-24-19-3-2-17(23)12-20(19)29-22/h2-3,8-10,12,15H,4-7,11,13H2,1H3,(H,26,27). The van der Waals surface area contributed by atoms with Crippen molar-refractivity contribution < 1.29 is 14.6 Å². The van der Waals surface area contributed by atoms with Crippen LogP contribution in [0.25, 0.3) is 10.2 Å². The van der Waals surface area contributed by atoms with Gasteiger partial charge in [0, 0.05) is 18.1 Å². The maximum absolute atomic E-state index is 11.0. The van der Waals surface area contributed by atoms with Crippen LogP contribution in [0.15, 0.2) is 36.4 Å². The van der Waals surface area contributed by atoms with Crippen LogP contribution in [0.3, 0.4) is 0 Å². The van der Waals surface area contributed by atoms with Crippen LogP contribution in [0, 0.1) is 12.8 Å². The van der Waals surface area contributed by atoms with Crippen LogP contribution >= 0.6 is 22.9 Å². The monoisotopic (exact) mass is 430 g/mol. The summed E-state index contributed by atoms with van der Waals surface area (Å²) < 4.78 is 7.13. The number of halogens is 1. The highest BCUT2D eigenvalue weighted by Gasteiger charge is 2.22. The minimum absolute atomic E-state index is 0.0177. The number of carbonyl (C=O) groups is 1. The normalized spacial score (nSPS) is 15.0. The molecule has 7 heteroatoms. The van der Waals surface area contributed by atoms with Crippen molar-refractivity contribution in [2.75, 3.05) is 24.6 Å². The summed E-state index contributed by atoms with van der Waals surface area (Å²) in [6.45, 7) is 4.53. The molecule has 1 aromatic heterocycles. The molecule has 0 aliphatic carbocycles. The van der Waals surface area contributed by atoms with E-state index in [1.165, 1.54) is 0 Å². The second kappa shape index (κ2) is 8.59. The summed E-state index contributed by atoms with van der Waals surface area (Å²) in [6.07, 6.45) is 2.11. The van der Waals surface area contributed by atoms with Crippen molar-refractivity contribution in [1.82, 2.24) is 4.98 Å². The lowest BCUT2D eigenvalue weighted by Crippen LogP contribution is -2.35. The van der Waals surface area contributed by atoms with Crippen molar-refractivity contribution in [1.29, 1.82) is 0 Å². The summed E-state index contributed by atoms with van der Waals surface area (Å²) in [7, 11) is 0. The largest absolute Gasteiger partial charge is 0.493 e. The first-order valence-corrected chi connectivity index (χ1v) is 10.9. The molecule has 2 heterocycles. The molecular formula is C22H23ClN2O3S. The summed E-state index contributed by atoms with van der Waals surface area (Å²) in [5.41, 5.74) is 2.79. The number of aromatic nitrogens is 1. The predicted octanol–water partition coefficient (Wildman–Crippen LogP) is 5.18. The summed E-state index contributed by atoms with van der Waals surface area (Å²) >= 11 is 7.77. The van der Waals surface area contributed by atoms with Crippen molar-refractivity contribution in [3.05, 3.63) is 52.5 Å². The number of carboxylic acids is 1. The number of hydrogen-bond acceptors (Lipinski definition) is 5. The summed E-state index contributed by atoms with van der Waals surface area (Å²) in [6, 6.07) is 11.5. The molecule has 3 aromatic rings. The zero-order valence-electron chi connectivity index (χ0n) is 16.2. The SMILES string of the molecule is Cc1cc(CC(=O)O)cc(OCC2CCN(c3nc4ccc(Cl)cc4s3)CC2)c1. The first-order valence-electron chi connectivity index (χ1n) is 9.72. The quantitative estimate of drug-likeness (QED) is 0.583. The van der Waals surface area contributed by atoms with Crippen LogP contribution < -0.4 is 9.64 Å². The van der Waals surface area contributed by atoms with E-state index < -0.39 is 5.97 Å². The van der Waals surface area contributed by atoms with E-state index in [0.29, 0.717) is 12.5 Å². The molecule has 0 saturated carbocycles. The Morgan fingerprint density at radius 3 is 2.83 bits per heavy atom. The minimum atomic E-state index is -0.828. The molecule has 2 aromatic carbocycles. The van der Waals surface area contributed by atoms with Crippen LogP contribution in [0.4, 0.5) is 5.13 Å². The number of benzene rings is 2. The van der Waals surface area contributed by atoms with E-state index in [-0.39, 0.29) is 6.42 Å². The molecule has 0 bridgehead atoms. The maximum atomic E-state index is 11.0. The van der Waals surface area contributed by atoms with E-state index in [9.17, 15) is 4.79 Å². The molecule has 1 fully saturated rings. The van der Waals surface area contributed by atoms with Gasteiger partial charge in [-0.3, -0.25) is 4.79 Å². The fourth-order valence-corrected chi connectivity index (χ4v) is 5.00. The van der Waals surface area contributed by atoms with Gasteiger partial charge in [0.15, 0.2) is 5.13 Å². The van der Waals surface area contributed by atoms with E-state index in [1.54, 1.807) is 11.3 Å². The molecule has 5 nitrogen and oxygen atoms in total. The van der Waals surface area contributed by atoms with E-state index in [1.807, 2.05) is 43.3 Å². The van der Waals surface area contributed by atoms with Gasteiger partial charge in [-0.25, -0.2) is 4.98 Å². The van der Waals surface area contributed by atoms with Gasteiger partial charge in [0.25, 0.3) is 0 Å². The number of thiazole rings is 1. The minimum Gasteiger partial charge on any atom is -0.493 e. The molecular weight excluding hydrogens is 408 g/mol. The number of rotatable bonds is 6. The van der Waals surface area contributed by atoms with Crippen LogP contribution in [0.5, 0.6) is 5.75 Å². The third kappa shape index (κ3) is 5.00. The van der Waals surface area contributed by atoms with Crippen molar-refractivity contribution in [2.45, 2.75) is 26.2 Å². The second-order valence-electron chi connectivity index (χ2n) is 7.57. The number of carboxylic acid groups (broad SMARTS) is 1. The van der Waals surface area contributed by atoms with Gasteiger partial charge in [-0.15, -0.1) is 0 Å². The van der Waals surface area contributed by atoms with Gasteiger partial charge >= 0.3 is 5.97 Å². The van der Waals surface area contributed by atoms with Gasteiger partial charge < -0.3 is 14.7 Å². The Balaban J connectivity index is 1.33. The van der Waals surface area contributed by atoms with Crippen molar-refractivity contribution in [2.24, 2.45) is 5.92 Å². The van der Waals surface area contributed by atoms with Crippen LogP contribution in [-0.2, 0) is 11.2 Å². The number of ether oxygens (including phenoxy) is 1. The molecule has 0 radical (unpaired) electrons. The molecule has 1 aliphatic rings. The third-order valence-electron chi connectivity index (χ3n) is 5.18. The zero-order chi connectivity index (χ0) is 20.4. The molecule has 0 amide bonds. The first kappa shape index (κ1) is 20.0. The number of hydrogen-bond donors (Lipinski definition) is 1. The summed E-state index contributed by atoms with van der Waals surface area (Å²) in [5.74, 6) is 0.413. The molecule has 29 heavy (non-hydrogen) atoms. The Morgan fingerprint density at radius 2 is 2.07 bits per heavy atom. The molecule has 0 atom stereocenters. The number of fused-ring (bicyclic) bond motifs is 1. The van der Waals surface area contributed by atoms with Crippen molar-refractivity contribution in [3.63, 3.8) is 0 Å². The zero-order valence-corrected chi connectivity index (χ0v) is 17.8. The highest BCUT2D eigenvalue weighted by molar-refractivity contribution is 7.22. The highest BCUT2D eigenvalue weighted by Crippen LogP contribution is 2.33. The van der Waals surface area contributed by atoms with E-state index in [0.717, 1.165) is 63.2 Å². The Bertz CT molecular complexity index is 1030. The molecule has 0 spiro atoms. The fourth-order valence-electron chi connectivity index (χ4n) is 3.71. The number of anilines is 1. The average Bonchev–Trinajstić information content (AvgIpc) is 3.09. The lowest BCUT2D eigenvalue weighted by molar-refractivity contribution is -0.136. The molecule has 4 rings (SSSR count). The fraction of sp³-hybridized carbons (Fsp3) is 0.364. The Kier molecular flexibility index (Phi) is 5.92. The van der Waals surface area contributed by atoms with Gasteiger partial charge in [0.05, 0.1) is 23.2 Å². The number of nitrogens with zero attached hydrogens (tertiary/aromatic N) is 2. The first-order chi connectivity index (χ1) is 14.0. The summed E-state index contributed by atoms with van der Waals surface area (Å²) in [5, 5.41) is 10.8. The lowest BCUT2D eigenvalue weighted by Gasteiger charge is -2.31. The van der Waals surface area contributed by atoms with Gasteiger partial charge in [-0.05, 0) is 67.1 Å². The Labute approximate surface area is 178 Å². The van der Waals surface area contributed by atoms with Gasteiger partial charge in [0.2, 0.25) is 0 Å². The van der Waals surface area contributed by atoms with Gasteiger partial charge in [-0.2, -0.15) is 0 Å². The molecule has 0 unspecified atom stereocenters. The topological polar surface area (TPSA) is 62.7 Å². The summed E-state index contributed by atoms with van der Waals surface area (Å²) in [4.78, 5) is 18.0. The number of piperidine rings is 1. The van der Waals surface area contributed by atoms with Gasteiger partial charge in [0.1, 0.15) is 5.75 Å². The lowest BCUT2D eigenvalue weighted by atomic mass is 9.98.